The Morgan fingerprint density at radius 3 is 2.77 bits per heavy atom. The molecule has 160 valence electrons. The molecule has 0 saturated carbocycles. The zero-order valence-electron chi connectivity index (χ0n) is 16.5. The summed E-state index contributed by atoms with van der Waals surface area (Å²) in [6.45, 7) is 3.60. The van der Waals surface area contributed by atoms with E-state index in [9.17, 15) is 19.1 Å². The first-order valence-electron chi connectivity index (χ1n) is 9.03. The Balaban J connectivity index is 1.93. The average Bonchev–Trinajstić information content (AvgIpc) is 3.35. The van der Waals surface area contributed by atoms with Crippen LogP contribution in [0.3, 0.4) is 0 Å². The summed E-state index contributed by atoms with van der Waals surface area (Å²) in [5, 5.41) is 10.4. The zero-order valence-corrected chi connectivity index (χ0v) is 17.4. The van der Waals surface area contributed by atoms with Crippen molar-refractivity contribution in [1.82, 2.24) is 13.9 Å². The minimum Gasteiger partial charge on any atom is -0.463 e. The summed E-state index contributed by atoms with van der Waals surface area (Å²) in [4.78, 5) is 28.4. The number of benzene rings is 1. The minimum atomic E-state index is -1.21. The van der Waals surface area contributed by atoms with Crippen molar-refractivity contribution in [2.75, 3.05) is 7.11 Å². The number of hydrogen-bond donors (Lipinski definition) is 2. The number of fused-ring (bicyclic) bond motifs is 1. The molecule has 0 amide bonds. The Bertz CT molecular complexity index is 1080. The van der Waals surface area contributed by atoms with Gasteiger partial charge in [-0.15, -0.1) is 0 Å². The van der Waals surface area contributed by atoms with Gasteiger partial charge < -0.3 is 24.9 Å². The Kier molecular flexibility index (Phi) is 6.56. The van der Waals surface area contributed by atoms with Crippen molar-refractivity contribution >= 4 is 34.2 Å². The van der Waals surface area contributed by atoms with Gasteiger partial charge in [-0.3, -0.25) is 4.79 Å². The van der Waals surface area contributed by atoms with Crippen molar-refractivity contribution in [2.45, 2.75) is 32.9 Å². The Labute approximate surface area is 175 Å². The summed E-state index contributed by atoms with van der Waals surface area (Å²) in [5.74, 6) is -2.05. The third-order valence-corrected chi connectivity index (χ3v) is 5.27. The van der Waals surface area contributed by atoms with Gasteiger partial charge in [0.1, 0.15) is 12.5 Å². The van der Waals surface area contributed by atoms with Crippen LogP contribution in [0.25, 0.3) is 10.9 Å². The first kappa shape index (κ1) is 22.0. The van der Waals surface area contributed by atoms with Gasteiger partial charge in [0.25, 0.3) is 5.82 Å². The van der Waals surface area contributed by atoms with Crippen LogP contribution in [-0.2, 0) is 16.2 Å². The van der Waals surface area contributed by atoms with Crippen LogP contribution >= 0.6 is 11.5 Å². The van der Waals surface area contributed by atoms with Crippen LogP contribution < -0.4 is 5.73 Å². The number of esters is 1. The van der Waals surface area contributed by atoms with Gasteiger partial charge in [0, 0.05) is 11.6 Å². The topological polar surface area (TPSA) is 130 Å². The second kappa shape index (κ2) is 8.96. The molecule has 1 aromatic carbocycles. The lowest BCUT2D eigenvalue weighted by Gasteiger charge is -2.22. The summed E-state index contributed by atoms with van der Waals surface area (Å²) in [6.07, 6.45) is 0.257. The smallest absolute Gasteiger partial charge is 0.377 e. The second-order valence-corrected chi connectivity index (χ2v) is 7.68. The van der Waals surface area contributed by atoms with Crippen LogP contribution in [0.15, 0.2) is 24.4 Å². The maximum Gasteiger partial charge on any atom is 0.377 e. The van der Waals surface area contributed by atoms with E-state index in [1.807, 2.05) is 13.8 Å². The SMILES string of the molecule is COC(=O)c1nsc(C(=O)c2cn(COC(O)C(N)C(C)C)c3ccc(F)cc23)n1. The van der Waals surface area contributed by atoms with Crippen molar-refractivity contribution in [3.63, 3.8) is 0 Å². The lowest BCUT2D eigenvalue weighted by Crippen LogP contribution is -2.41. The molecule has 0 bridgehead atoms. The molecule has 30 heavy (non-hydrogen) atoms. The minimum absolute atomic E-state index is 0.00551. The van der Waals surface area contributed by atoms with E-state index in [1.54, 1.807) is 4.57 Å². The lowest BCUT2D eigenvalue weighted by atomic mass is 10.1. The molecule has 0 fully saturated rings. The average molecular weight is 436 g/mol. The van der Waals surface area contributed by atoms with Crippen molar-refractivity contribution in [2.24, 2.45) is 11.7 Å². The number of ketones is 1. The number of halogens is 1. The number of rotatable bonds is 8. The molecular weight excluding hydrogens is 415 g/mol. The van der Waals surface area contributed by atoms with Gasteiger partial charge in [0.15, 0.2) is 11.3 Å². The maximum atomic E-state index is 13.9. The number of aliphatic hydroxyl groups excluding tert-OH is 1. The zero-order chi connectivity index (χ0) is 22.0. The predicted octanol–water partition coefficient (Wildman–Crippen LogP) is 1.93. The van der Waals surface area contributed by atoms with Crippen molar-refractivity contribution in [1.29, 1.82) is 0 Å². The maximum absolute atomic E-state index is 13.9. The Morgan fingerprint density at radius 2 is 2.10 bits per heavy atom. The normalized spacial score (nSPS) is 13.6. The summed E-state index contributed by atoms with van der Waals surface area (Å²) in [7, 11) is 1.18. The highest BCUT2D eigenvalue weighted by Crippen LogP contribution is 2.26. The molecule has 2 atom stereocenters. The van der Waals surface area contributed by atoms with Crippen LogP contribution in [0.1, 0.15) is 39.8 Å². The van der Waals surface area contributed by atoms with Crippen LogP contribution in [0.2, 0.25) is 0 Å². The molecule has 9 nitrogen and oxygen atoms in total. The number of carbonyl (C=O) groups is 2. The molecule has 2 heterocycles. The first-order valence-corrected chi connectivity index (χ1v) is 9.80. The molecule has 3 N–H and O–H groups in total. The molecule has 0 aliphatic carbocycles. The molecule has 3 rings (SSSR count). The highest BCUT2D eigenvalue weighted by molar-refractivity contribution is 7.08. The number of methoxy groups -OCH3 is 1. The highest BCUT2D eigenvalue weighted by Gasteiger charge is 2.24. The third-order valence-electron chi connectivity index (χ3n) is 4.56. The number of nitrogens with zero attached hydrogens (tertiary/aromatic N) is 3. The standard InChI is InChI=1S/C19H21FN4O5S/c1-9(2)14(21)18(26)29-8-24-7-12(11-6-10(20)4-5-13(11)24)15(25)17-22-16(23-30-17)19(27)28-3/h4-7,9,14,18,26H,8,21H2,1-3H3. The fourth-order valence-corrected chi connectivity index (χ4v) is 3.37. The van der Waals surface area contributed by atoms with E-state index < -0.39 is 29.9 Å². The monoisotopic (exact) mass is 436 g/mol. The summed E-state index contributed by atoms with van der Waals surface area (Å²) in [6, 6.07) is 3.38. The number of aliphatic hydroxyl groups is 1. The van der Waals surface area contributed by atoms with Crippen molar-refractivity contribution in [3.8, 4) is 0 Å². The summed E-state index contributed by atoms with van der Waals surface area (Å²) in [5.41, 5.74) is 6.56. The molecule has 2 aromatic heterocycles. The van der Waals surface area contributed by atoms with Gasteiger partial charge in [-0.05, 0) is 35.6 Å². The Morgan fingerprint density at radius 1 is 1.37 bits per heavy atom. The van der Waals surface area contributed by atoms with Crippen LogP contribution in [0.5, 0.6) is 0 Å². The summed E-state index contributed by atoms with van der Waals surface area (Å²) >= 11 is 0.741. The third kappa shape index (κ3) is 4.38. The molecule has 0 spiro atoms. The van der Waals surface area contributed by atoms with Gasteiger partial charge in [0.05, 0.1) is 24.2 Å². The van der Waals surface area contributed by atoms with Gasteiger partial charge >= 0.3 is 5.97 Å². The number of ether oxygens (including phenoxy) is 2. The largest absolute Gasteiger partial charge is 0.463 e. The number of aromatic nitrogens is 3. The Hall–Kier alpha value is -2.73. The number of carbonyl (C=O) groups excluding carboxylic acids is 2. The van der Waals surface area contributed by atoms with E-state index in [4.69, 9.17) is 10.5 Å². The molecule has 3 aromatic rings. The van der Waals surface area contributed by atoms with E-state index in [-0.39, 0.29) is 29.0 Å². The molecule has 0 aliphatic heterocycles. The molecule has 0 saturated heterocycles. The number of nitrogens with two attached hydrogens (primary N) is 1. The quantitative estimate of drug-likeness (QED) is 0.311. The van der Waals surface area contributed by atoms with E-state index in [0.717, 1.165) is 11.5 Å². The highest BCUT2D eigenvalue weighted by atomic mass is 32.1. The van der Waals surface area contributed by atoms with Crippen LogP contribution in [0.4, 0.5) is 4.39 Å². The molecule has 0 aliphatic rings. The fourth-order valence-electron chi connectivity index (χ4n) is 2.76. The molecule has 11 heteroatoms. The predicted molar refractivity (Wildman–Crippen MR) is 106 cm³/mol. The van der Waals surface area contributed by atoms with Gasteiger partial charge in [-0.2, -0.15) is 4.37 Å². The molecular formula is C19H21FN4O5S. The van der Waals surface area contributed by atoms with Crippen molar-refractivity contribution < 1.29 is 28.6 Å². The molecule has 0 radical (unpaired) electrons. The van der Waals surface area contributed by atoms with Gasteiger partial charge in [-0.25, -0.2) is 14.2 Å². The number of hydrogen-bond acceptors (Lipinski definition) is 9. The van der Waals surface area contributed by atoms with Gasteiger partial charge in [0.2, 0.25) is 5.78 Å². The van der Waals surface area contributed by atoms with E-state index in [1.165, 1.54) is 31.5 Å². The van der Waals surface area contributed by atoms with E-state index in [0.29, 0.717) is 10.9 Å². The van der Waals surface area contributed by atoms with Crippen molar-refractivity contribution in [3.05, 3.63) is 46.6 Å². The summed E-state index contributed by atoms with van der Waals surface area (Å²) < 4.78 is 29.2. The molecule has 2 unspecified atom stereocenters. The van der Waals surface area contributed by atoms with Gasteiger partial charge in [-0.1, -0.05) is 13.8 Å². The van der Waals surface area contributed by atoms with E-state index >= 15 is 0 Å². The van der Waals surface area contributed by atoms with Crippen LogP contribution in [-0.4, -0.2) is 50.2 Å². The fraction of sp³-hybridized carbons (Fsp3) is 0.368. The van der Waals surface area contributed by atoms with E-state index in [2.05, 4.69) is 14.1 Å². The lowest BCUT2D eigenvalue weighted by molar-refractivity contribution is -0.143. The van der Waals surface area contributed by atoms with Crippen LogP contribution in [0, 0.1) is 11.7 Å². The second-order valence-electron chi connectivity index (χ2n) is 6.93. The first-order chi connectivity index (χ1) is 14.2.